The molecular formula is C27H46N2O4. The summed E-state index contributed by atoms with van der Waals surface area (Å²) in [6, 6.07) is 0. The normalized spacial score (nSPS) is 49.6. The molecule has 7 unspecified atom stereocenters. The van der Waals surface area contributed by atoms with Gasteiger partial charge < -0.3 is 30.4 Å². The third-order valence-corrected chi connectivity index (χ3v) is 11.3. The van der Waals surface area contributed by atoms with Crippen LogP contribution in [0.5, 0.6) is 0 Å². The Labute approximate surface area is 199 Å². The van der Waals surface area contributed by atoms with Crippen molar-refractivity contribution in [3.05, 3.63) is 0 Å². The smallest absolute Gasteiger partial charge is 0.0815 e. The fraction of sp³-hybridized carbons (Fsp3) is 1.00. The van der Waals surface area contributed by atoms with E-state index in [1.807, 2.05) is 0 Å². The first-order chi connectivity index (χ1) is 15.8. The lowest BCUT2D eigenvalue weighted by atomic mass is 9.36. The Kier molecular flexibility index (Phi) is 5.72. The second-order valence-electron chi connectivity index (χ2n) is 13.0. The van der Waals surface area contributed by atoms with E-state index in [4.69, 9.17) is 30.4 Å². The van der Waals surface area contributed by atoms with Crippen LogP contribution in [0.2, 0.25) is 0 Å². The van der Waals surface area contributed by atoms with Crippen LogP contribution in [0.4, 0.5) is 0 Å². The molecule has 4 N–H and O–H groups in total. The molecule has 33 heavy (non-hydrogen) atoms. The number of rotatable bonds is 10. The average molecular weight is 463 g/mol. The first-order valence-corrected chi connectivity index (χ1v) is 13.8. The zero-order valence-corrected chi connectivity index (χ0v) is 20.9. The Morgan fingerprint density at radius 1 is 0.727 bits per heavy atom. The highest BCUT2D eigenvalue weighted by Gasteiger charge is 2.71. The summed E-state index contributed by atoms with van der Waals surface area (Å²) in [7, 11) is 0. The van der Waals surface area contributed by atoms with Gasteiger partial charge in [-0.3, -0.25) is 0 Å². The Morgan fingerprint density at radius 2 is 1.24 bits per heavy atom. The molecule has 0 aromatic heterocycles. The minimum absolute atomic E-state index is 0.0438. The Bertz CT molecular complexity index is 710. The van der Waals surface area contributed by atoms with Crippen LogP contribution in [-0.4, -0.2) is 56.5 Å². The minimum atomic E-state index is -0.682. The Hall–Kier alpha value is -0.240. The predicted octanol–water partition coefficient (Wildman–Crippen LogP) is 3.75. The maximum Gasteiger partial charge on any atom is 0.0815 e. The lowest BCUT2D eigenvalue weighted by Crippen LogP contribution is -2.75. The monoisotopic (exact) mass is 462 g/mol. The quantitative estimate of drug-likeness (QED) is 0.379. The summed E-state index contributed by atoms with van der Waals surface area (Å²) in [5, 5.41) is 0. The molecule has 0 bridgehead atoms. The summed E-state index contributed by atoms with van der Waals surface area (Å²) >= 11 is 0. The number of hydrogen-bond donors (Lipinski definition) is 2. The van der Waals surface area contributed by atoms with Gasteiger partial charge >= 0.3 is 0 Å². The second kappa shape index (κ2) is 8.14. The second-order valence-corrected chi connectivity index (χ2v) is 13.0. The molecule has 2 aliphatic carbocycles. The van der Waals surface area contributed by atoms with Gasteiger partial charge in [-0.2, -0.15) is 0 Å². The molecule has 0 radical (unpaired) electrons. The molecule has 4 aliphatic heterocycles. The lowest BCUT2D eigenvalue weighted by molar-refractivity contribution is -0.206. The van der Waals surface area contributed by atoms with E-state index in [0.717, 1.165) is 58.5 Å². The highest BCUT2D eigenvalue weighted by atomic mass is 16.6. The van der Waals surface area contributed by atoms with Gasteiger partial charge in [0, 0.05) is 5.41 Å². The molecule has 0 spiro atoms. The first-order valence-electron chi connectivity index (χ1n) is 13.8. The van der Waals surface area contributed by atoms with Crippen LogP contribution in [0.25, 0.3) is 0 Å². The predicted molar refractivity (Wildman–Crippen MR) is 126 cm³/mol. The largest absolute Gasteiger partial charge is 0.373 e. The molecule has 0 amide bonds. The Balaban J connectivity index is 1.44. The van der Waals surface area contributed by atoms with Gasteiger partial charge in [0.25, 0.3) is 0 Å². The molecule has 6 rings (SSSR count). The van der Waals surface area contributed by atoms with Crippen molar-refractivity contribution < 1.29 is 18.9 Å². The fourth-order valence-corrected chi connectivity index (χ4v) is 8.73. The standard InChI is InChI=1S/C27H46N2O4/c1-24(27(28,29)18-6-4-3-5-7-18)9-8-19(10-20-14-30-20)26(12-22-16-32-22,13-23-17-33-23)25(24,2)11-21-15-31-21/h18-23H,3-17,28-29H2,1-2H3. The zero-order chi connectivity index (χ0) is 22.9. The van der Waals surface area contributed by atoms with Crippen molar-refractivity contribution in [2.45, 2.75) is 115 Å². The van der Waals surface area contributed by atoms with E-state index < -0.39 is 5.66 Å². The highest BCUT2D eigenvalue weighted by Crippen LogP contribution is 2.72. The lowest BCUT2D eigenvalue weighted by Gasteiger charge is -2.69. The van der Waals surface area contributed by atoms with Gasteiger partial charge in [0.05, 0.1) is 56.5 Å². The molecule has 7 atom stereocenters. The molecule has 0 aromatic rings. The van der Waals surface area contributed by atoms with Crippen LogP contribution in [0.1, 0.15) is 84.5 Å². The number of hydrogen-bond acceptors (Lipinski definition) is 6. The average Bonchev–Trinajstić information content (AvgIpc) is 3.62. The zero-order valence-electron chi connectivity index (χ0n) is 20.9. The molecule has 6 aliphatic rings. The topological polar surface area (TPSA) is 102 Å². The van der Waals surface area contributed by atoms with E-state index in [9.17, 15) is 0 Å². The van der Waals surface area contributed by atoms with Gasteiger partial charge in [-0.1, -0.05) is 33.1 Å². The van der Waals surface area contributed by atoms with E-state index in [-0.39, 0.29) is 16.2 Å². The van der Waals surface area contributed by atoms with Crippen LogP contribution < -0.4 is 11.5 Å². The van der Waals surface area contributed by atoms with Crippen molar-refractivity contribution >= 4 is 0 Å². The van der Waals surface area contributed by atoms with E-state index in [1.165, 1.54) is 38.5 Å². The Morgan fingerprint density at radius 3 is 1.76 bits per heavy atom. The molecule has 6 heteroatoms. The maximum absolute atomic E-state index is 7.40. The van der Waals surface area contributed by atoms with E-state index in [1.54, 1.807) is 0 Å². The molecule has 2 saturated carbocycles. The minimum Gasteiger partial charge on any atom is -0.373 e. The van der Waals surface area contributed by atoms with Crippen LogP contribution in [-0.2, 0) is 18.9 Å². The highest BCUT2D eigenvalue weighted by molar-refractivity contribution is 5.20. The number of ether oxygens (including phenoxy) is 4. The van der Waals surface area contributed by atoms with Crippen LogP contribution in [0, 0.1) is 28.1 Å². The molecule has 4 saturated heterocycles. The molecule has 188 valence electrons. The molecule has 6 fully saturated rings. The van der Waals surface area contributed by atoms with Crippen molar-refractivity contribution in [1.29, 1.82) is 0 Å². The van der Waals surface area contributed by atoms with Crippen LogP contribution in [0.3, 0.4) is 0 Å². The van der Waals surface area contributed by atoms with Crippen LogP contribution in [0.15, 0.2) is 0 Å². The summed E-state index contributed by atoms with van der Waals surface area (Å²) in [6.45, 7) is 8.60. The van der Waals surface area contributed by atoms with Crippen molar-refractivity contribution in [3.63, 3.8) is 0 Å². The van der Waals surface area contributed by atoms with E-state index in [2.05, 4.69) is 13.8 Å². The summed E-state index contributed by atoms with van der Waals surface area (Å²) in [6.07, 6.45) is 14.4. The van der Waals surface area contributed by atoms with Crippen molar-refractivity contribution in [1.82, 2.24) is 0 Å². The van der Waals surface area contributed by atoms with Crippen LogP contribution >= 0.6 is 0 Å². The SMILES string of the molecule is CC1(C(N)(N)C2CCCCC2)CCC(CC2CO2)C(CC2CO2)(CC2CO2)C1(C)CC1CO1. The molecule has 4 heterocycles. The molecule has 0 aromatic carbocycles. The van der Waals surface area contributed by atoms with Crippen molar-refractivity contribution in [2.24, 2.45) is 39.5 Å². The fourth-order valence-electron chi connectivity index (χ4n) is 8.73. The van der Waals surface area contributed by atoms with Gasteiger partial charge in [0.2, 0.25) is 0 Å². The van der Waals surface area contributed by atoms with Crippen molar-refractivity contribution in [2.75, 3.05) is 26.4 Å². The third kappa shape index (κ3) is 4.01. The first kappa shape index (κ1) is 23.2. The van der Waals surface area contributed by atoms with Gasteiger partial charge in [-0.05, 0) is 74.0 Å². The number of nitrogens with two attached hydrogens (primary N) is 2. The van der Waals surface area contributed by atoms with E-state index >= 15 is 0 Å². The summed E-state index contributed by atoms with van der Waals surface area (Å²) < 4.78 is 23.6. The van der Waals surface area contributed by atoms with E-state index in [0.29, 0.717) is 36.3 Å². The molecule has 6 nitrogen and oxygen atoms in total. The van der Waals surface area contributed by atoms with Gasteiger partial charge in [0.15, 0.2) is 0 Å². The third-order valence-electron chi connectivity index (χ3n) is 11.3. The molecular weight excluding hydrogens is 416 g/mol. The summed E-state index contributed by atoms with van der Waals surface area (Å²) in [5.41, 5.74) is 14.0. The summed E-state index contributed by atoms with van der Waals surface area (Å²) in [4.78, 5) is 0. The van der Waals surface area contributed by atoms with Gasteiger partial charge in [0.1, 0.15) is 0 Å². The summed E-state index contributed by atoms with van der Waals surface area (Å²) in [5.74, 6) is 0.989. The number of epoxide rings is 4. The van der Waals surface area contributed by atoms with Crippen molar-refractivity contribution in [3.8, 4) is 0 Å². The van der Waals surface area contributed by atoms with Gasteiger partial charge in [-0.15, -0.1) is 0 Å². The maximum atomic E-state index is 7.40. The van der Waals surface area contributed by atoms with Gasteiger partial charge in [-0.25, -0.2) is 0 Å².